The van der Waals surface area contributed by atoms with E-state index >= 15 is 4.39 Å². The van der Waals surface area contributed by atoms with Gasteiger partial charge in [0.25, 0.3) is 0 Å². The molecule has 0 radical (unpaired) electrons. The summed E-state index contributed by atoms with van der Waals surface area (Å²) in [4.78, 5) is 31.5. The fourth-order valence-corrected chi connectivity index (χ4v) is 3.86. The largest absolute Gasteiger partial charge is 0.477 e. The van der Waals surface area contributed by atoms with Gasteiger partial charge in [0, 0.05) is 36.6 Å². The van der Waals surface area contributed by atoms with Crippen molar-refractivity contribution in [2.75, 3.05) is 24.5 Å². The first-order valence-corrected chi connectivity index (χ1v) is 10.4. The van der Waals surface area contributed by atoms with Crippen LogP contribution in [0.2, 0.25) is 0 Å². The molecule has 31 heavy (non-hydrogen) atoms. The van der Waals surface area contributed by atoms with Crippen LogP contribution in [0.15, 0.2) is 28.3 Å². The lowest BCUT2D eigenvalue weighted by Crippen LogP contribution is -2.25. The molecule has 0 spiro atoms. The van der Waals surface area contributed by atoms with Gasteiger partial charge in [-0.15, -0.1) is 0 Å². The fraction of sp³-hybridized carbons (Fsp3) is 0.500. The van der Waals surface area contributed by atoms with Crippen molar-refractivity contribution in [2.45, 2.75) is 45.3 Å². The summed E-state index contributed by atoms with van der Waals surface area (Å²) in [6, 6.07) is 2.90. The van der Waals surface area contributed by atoms with Crippen molar-refractivity contribution in [3.8, 4) is 0 Å². The molecule has 1 aliphatic heterocycles. The van der Waals surface area contributed by atoms with E-state index in [1.165, 1.54) is 6.20 Å². The number of anilines is 1. The maximum atomic E-state index is 15.1. The summed E-state index contributed by atoms with van der Waals surface area (Å²) in [7, 11) is 0. The number of carbonyl (C=O) groups is 1. The molecule has 1 atom stereocenters. The summed E-state index contributed by atoms with van der Waals surface area (Å²) in [5, 5.41) is 13.7. The van der Waals surface area contributed by atoms with Crippen LogP contribution in [-0.4, -0.2) is 46.6 Å². The topological polar surface area (TPSA) is 110 Å². The van der Waals surface area contributed by atoms with Gasteiger partial charge in [-0.1, -0.05) is 5.16 Å². The number of carboxylic acid groups (broad SMARTS) is 1. The van der Waals surface area contributed by atoms with Gasteiger partial charge >= 0.3 is 5.97 Å². The van der Waals surface area contributed by atoms with Crippen LogP contribution >= 0.6 is 0 Å². The molecule has 1 saturated heterocycles. The van der Waals surface area contributed by atoms with Gasteiger partial charge in [-0.2, -0.15) is 0 Å². The highest BCUT2D eigenvalue weighted by Crippen LogP contribution is 2.38. The number of aromatic carboxylic acids is 1. The van der Waals surface area contributed by atoms with Crippen LogP contribution in [-0.2, 0) is 4.84 Å². The van der Waals surface area contributed by atoms with Crippen molar-refractivity contribution >= 4 is 28.3 Å². The second-order valence-corrected chi connectivity index (χ2v) is 9.24. The Kier molecular flexibility index (Phi) is 5.25. The second kappa shape index (κ2) is 7.64. The Bertz CT molecular complexity index is 1130. The maximum absolute atomic E-state index is 15.1. The Balaban J connectivity index is 1.78. The van der Waals surface area contributed by atoms with Gasteiger partial charge < -0.3 is 25.1 Å². The van der Waals surface area contributed by atoms with E-state index in [2.05, 4.69) is 5.16 Å². The number of carboxylic acids is 1. The van der Waals surface area contributed by atoms with Gasteiger partial charge in [0.05, 0.1) is 23.5 Å². The van der Waals surface area contributed by atoms with Crippen LogP contribution in [0.4, 0.5) is 10.1 Å². The normalized spacial score (nSPS) is 20.6. The van der Waals surface area contributed by atoms with Crippen molar-refractivity contribution in [2.24, 2.45) is 16.8 Å². The van der Waals surface area contributed by atoms with Gasteiger partial charge in [0.15, 0.2) is 0 Å². The van der Waals surface area contributed by atoms with E-state index in [9.17, 15) is 14.7 Å². The average molecular weight is 430 g/mol. The van der Waals surface area contributed by atoms with E-state index in [4.69, 9.17) is 10.6 Å². The molecule has 9 heteroatoms. The van der Waals surface area contributed by atoms with E-state index in [1.54, 1.807) is 10.6 Å². The first-order chi connectivity index (χ1) is 14.6. The van der Waals surface area contributed by atoms with Gasteiger partial charge in [-0.25, -0.2) is 9.18 Å². The monoisotopic (exact) mass is 430 g/mol. The molecule has 8 nitrogen and oxygen atoms in total. The fourth-order valence-electron chi connectivity index (χ4n) is 3.86. The number of hydrogen-bond donors (Lipinski definition) is 2. The summed E-state index contributed by atoms with van der Waals surface area (Å²) < 4.78 is 16.9. The van der Waals surface area contributed by atoms with Gasteiger partial charge in [0.1, 0.15) is 17.0 Å². The predicted octanol–water partition coefficient (Wildman–Crippen LogP) is 2.74. The molecule has 0 bridgehead atoms. The second-order valence-electron chi connectivity index (χ2n) is 9.24. The van der Waals surface area contributed by atoms with E-state index in [-0.39, 0.29) is 22.9 Å². The molecule has 166 valence electrons. The van der Waals surface area contributed by atoms with Crippen LogP contribution in [0.5, 0.6) is 0 Å². The quantitative estimate of drug-likeness (QED) is 0.706. The van der Waals surface area contributed by atoms with Crippen LogP contribution < -0.4 is 16.1 Å². The number of pyridine rings is 1. The molecule has 0 amide bonds. The van der Waals surface area contributed by atoms with Crippen molar-refractivity contribution in [3.63, 3.8) is 0 Å². The Morgan fingerprint density at radius 2 is 2.06 bits per heavy atom. The lowest BCUT2D eigenvalue weighted by Gasteiger charge is -2.21. The predicted molar refractivity (Wildman–Crippen MR) is 116 cm³/mol. The lowest BCUT2D eigenvalue weighted by atomic mass is 10.1. The third kappa shape index (κ3) is 4.14. The summed E-state index contributed by atoms with van der Waals surface area (Å²) in [6.45, 7) is 6.88. The molecule has 2 aliphatic rings. The third-order valence-corrected chi connectivity index (χ3v) is 5.60. The maximum Gasteiger partial charge on any atom is 0.341 e. The first kappa shape index (κ1) is 21.3. The smallest absolute Gasteiger partial charge is 0.341 e. The molecule has 4 rings (SSSR count). The minimum atomic E-state index is -1.31. The van der Waals surface area contributed by atoms with Crippen molar-refractivity contribution in [3.05, 3.63) is 39.9 Å². The number of nitrogens with zero attached hydrogens (tertiary/aromatic N) is 3. The summed E-state index contributed by atoms with van der Waals surface area (Å²) in [6.07, 6.45) is 3.16. The number of nitrogens with two attached hydrogens (primary N) is 1. The Hall–Kier alpha value is -2.94. The molecule has 2 aromatic rings. The Labute approximate surface area is 179 Å². The lowest BCUT2D eigenvalue weighted by molar-refractivity contribution is 0.000172. The van der Waals surface area contributed by atoms with E-state index < -0.39 is 22.8 Å². The zero-order valence-corrected chi connectivity index (χ0v) is 17.9. The van der Waals surface area contributed by atoms with Crippen LogP contribution in [0.25, 0.3) is 10.9 Å². The number of fused-ring (bicyclic) bond motifs is 1. The van der Waals surface area contributed by atoms with Crippen LogP contribution in [0, 0.1) is 11.7 Å². The number of halogens is 1. The van der Waals surface area contributed by atoms with Gasteiger partial charge in [-0.3, -0.25) is 4.79 Å². The molecule has 3 N–H and O–H groups in total. The molecule has 1 aromatic heterocycles. The number of oxime groups is 1. The van der Waals surface area contributed by atoms with E-state index in [1.807, 2.05) is 25.7 Å². The van der Waals surface area contributed by atoms with E-state index in [0.717, 1.165) is 24.6 Å². The molecule has 2 heterocycles. The molecule has 1 saturated carbocycles. The van der Waals surface area contributed by atoms with Gasteiger partial charge in [-0.05, 0) is 45.7 Å². The standard InChI is InChI=1S/C22H27FN4O4/c1-22(2,3)31-25-17-11-26(9-12(17)8-24)19-7-18-14(6-16(19)23)20(28)15(21(29)30)10-27(18)13-4-5-13/h6-7,10,12-13H,4-5,8-9,11,24H2,1-3H3,(H,29,30)/b25-17+. The zero-order chi connectivity index (χ0) is 22.5. The average Bonchev–Trinajstić information content (AvgIpc) is 3.45. The van der Waals surface area contributed by atoms with Crippen molar-refractivity contribution in [1.82, 2.24) is 4.57 Å². The molecule has 1 aromatic carbocycles. The summed E-state index contributed by atoms with van der Waals surface area (Å²) in [5.41, 5.74) is 6.07. The zero-order valence-electron chi connectivity index (χ0n) is 17.9. The minimum absolute atomic E-state index is 0.0718. The highest BCUT2D eigenvalue weighted by atomic mass is 19.1. The molecular formula is C22H27FN4O4. The Morgan fingerprint density at radius 3 is 2.65 bits per heavy atom. The van der Waals surface area contributed by atoms with E-state index in [0.29, 0.717) is 30.8 Å². The summed E-state index contributed by atoms with van der Waals surface area (Å²) in [5.74, 6) is -1.96. The number of aromatic nitrogens is 1. The minimum Gasteiger partial charge on any atom is -0.477 e. The van der Waals surface area contributed by atoms with Gasteiger partial charge in [0.2, 0.25) is 5.43 Å². The molecule has 1 unspecified atom stereocenters. The molecule has 1 aliphatic carbocycles. The highest BCUT2D eigenvalue weighted by molar-refractivity contribution is 5.96. The first-order valence-electron chi connectivity index (χ1n) is 10.4. The summed E-state index contributed by atoms with van der Waals surface area (Å²) >= 11 is 0. The van der Waals surface area contributed by atoms with Crippen LogP contribution in [0.1, 0.15) is 50.0 Å². The highest BCUT2D eigenvalue weighted by Gasteiger charge is 2.32. The SMILES string of the molecule is CC(C)(C)O/N=C1\CN(c2cc3c(cc2F)c(=O)c(C(=O)O)cn3C2CC2)CC1CN. The van der Waals surface area contributed by atoms with Crippen LogP contribution in [0.3, 0.4) is 0 Å². The van der Waals surface area contributed by atoms with Crippen molar-refractivity contribution in [1.29, 1.82) is 0 Å². The number of hydrogen-bond acceptors (Lipinski definition) is 6. The number of rotatable bonds is 5. The number of benzene rings is 1. The molecular weight excluding hydrogens is 403 g/mol. The molecule has 2 fully saturated rings. The van der Waals surface area contributed by atoms with Crippen molar-refractivity contribution < 1.29 is 19.1 Å². The third-order valence-electron chi connectivity index (χ3n) is 5.60. The Morgan fingerprint density at radius 1 is 1.35 bits per heavy atom.